The van der Waals surface area contributed by atoms with Gasteiger partial charge >= 0.3 is 0 Å². The zero-order valence-electron chi connectivity index (χ0n) is 11.1. The molecule has 0 saturated carbocycles. The van der Waals surface area contributed by atoms with Gasteiger partial charge in [-0.15, -0.1) is 0 Å². The lowest BCUT2D eigenvalue weighted by atomic mass is 10.0. The van der Waals surface area contributed by atoms with Crippen LogP contribution in [0.5, 0.6) is 0 Å². The van der Waals surface area contributed by atoms with Gasteiger partial charge in [-0.05, 0) is 22.9 Å². The van der Waals surface area contributed by atoms with Crippen LogP contribution in [0.15, 0.2) is 15.5 Å². The van der Waals surface area contributed by atoms with Crippen LogP contribution in [0.4, 0.5) is 5.69 Å². The van der Waals surface area contributed by atoms with Gasteiger partial charge in [0.2, 0.25) is 0 Å². The van der Waals surface area contributed by atoms with Crippen LogP contribution in [0.25, 0.3) is 0 Å². The number of ether oxygens (including phenoxy) is 2. The van der Waals surface area contributed by atoms with Crippen molar-refractivity contribution in [3.63, 3.8) is 0 Å². The Balaban J connectivity index is 2.12. The van der Waals surface area contributed by atoms with Crippen LogP contribution < -0.4 is 10.9 Å². The van der Waals surface area contributed by atoms with Gasteiger partial charge in [0.25, 0.3) is 5.56 Å². The van der Waals surface area contributed by atoms with Crippen LogP contribution in [0.1, 0.15) is 13.3 Å². The molecular formula is C12H18BrN3O3. The molecule has 2 rings (SSSR count). The number of nitrogens with one attached hydrogen (secondary N) is 1. The highest BCUT2D eigenvalue weighted by molar-refractivity contribution is 9.10. The van der Waals surface area contributed by atoms with E-state index in [-0.39, 0.29) is 11.2 Å². The summed E-state index contributed by atoms with van der Waals surface area (Å²) in [6.45, 7) is 4.27. The molecule has 1 aliphatic rings. The average molecular weight is 332 g/mol. The maximum absolute atomic E-state index is 11.9. The molecule has 0 radical (unpaired) electrons. The van der Waals surface area contributed by atoms with Crippen molar-refractivity contribution < 1.29 is 9.47 Å². The van der Waals surface area contributed by atoms with Crippen LogP contribution in [0.2, 0.25) is 0 Å². The quantitative estimate of drug-likeness (QED) is 0.879. The van der Waals surface area contributed by atoms with Gasteiger partial charge in [0.1, 0.15) is 10.1 Å². The molecule has 19 heavy (non-hydrogen) atoms. The molecule has 0 spiro atoms. The minimum Gasteiger partial charge on any atom is -0.380 e. The van der Waals surface area contributed by atoms with Gasteiger partial charge < -0.3 is 14.8 Å². The topological polar surface area (TPSA) is 65.4 Å². The molecule has 7 heteroatoms. The van der Waals surface area contributed by atoms with Gasteiger partial charge in [0, 0.05) is 33.2 Å². The maximum atomic E-state index is 11.9. The summed E-state index contributed by atoms with van der Waals surface area (Å²) in [4.78, 5) is 11.9. The Labute approximate surface area is 120 Å². The van der Waals surface area contributed by atoms with E-state index in [0.717, 1.165) is 6.42 Å². The Morgan fingerprint density at radius 2 is 2.47 bits per heavy atom. The molecule has 1 saturated heterocycles. The normalized spacial score (nSPS) is 22.7. The van der Waals surface area contributed by atoms with Gasteiger partial charge in [-0.2, -0.15) is 5.10 Å². The van der Waals surface area contributed by atoms with Crippen LogP contribution in [-0.2, 0) is 16.0 Å². The second kappa shape index (κ2) is 6.02. The third-order valence-corrected chi connectivity index (χ3v) is 4.15. The van der Waals surface area contributed by atoms with Crippen LogP contribution >= 0.6 is 15.9 Å². The Morgan fingerprint density at radius 1 is 1.68 bits per heavy atom. The second-order valence-electron chi connectivity index (χ2n) is 4.54. The van der Waals surface area contributed by atoms with Crippen molar-refractivity contribution in [1.82, 2.24) is 9.78 Å². The molecule has 0 amide bonds. The van der Waals surface area contributed by atoms with Crippen molar-refractivity contribution in [3.05, 3.63) is 21.0 Å². The van der Waals surface area contributed by atoms with Crippen molar-refractivity contribution >= 4 is 21.6 Å². The summed E-state index contributed by atoms with van der Waals surface area (Å²) in [6, 6.07) is 0. The molecule has 0 aliphatic carbocycles. The zero-order valence-corrected chi connectivity index (χ0v) is 12.7. The summed E-state index contributed by atoms with van der Waals surface area (Å²) in [5.74, 6) is 0. The number of nitrogens with zero attached hydrogens (tertiary/aromatic N) is 2. The third kappa shape index (κ3) is 2.98. The summed E-state index contributed by atoms with van der Waals surface area (Å²) in [6.07, 6.45) is 2.49. The second-order valence-corrected chi connectivity index (χ2v) is 5.33. The monoisotopic (exact) mass is 331 g/mol. The molecule has 1 aromatic heterocycles. The molecule has 1 unspecified atom stereocenters. The number of halogens is 1. The number of aryl methyl sites for hydroxylation is 1. The van der Waals surface area contributed by atoms with Gasteiger partial charge in [-0.1, -0.05) is 0 Å². The predicted octanol–water partition coefficient (Wildman–Crippen LogP) is 1.24. The fourth-order valence-electron chi connectivity index (χ4n) is 2.03. The van der Waals surface area contributed by atoms with Crippen molar-refractivity contribution in [2.45, 2.75) is 25.5 Å². The standard InChI is InChI=1S/C12H18BrN3O3/c1-3-16-11(17)10(13)9(6-15-16)14-7-12(18-2)4-5-19-8-12/h6,14H,3-5,7-8H2,1-2H3. The fourth-order valence-corrected chi connectivity index (χ4v) is 2.48. The van der Waals surface area contributed by atoms with E-state index in [1.54, 1.807) is 13.3 Å². The van der Waals surface area contributed by atoms with E-state index < -0.39 is 0 Å². The highest BCUT2D eigenvalue weighted by Crippen LogP contribution is 2.24. The first-order valence-electron chi connectivity index (χ1n) is 6.24. The van der Waals surface area contributed by atoms with Gasteiger partial charge in [0.05, 0.1) is 18.5 Å². The molecule has 1 aromatic rings. The molecular weight excluding hydrogens is 314 g/mol. The number of hydrogen-bond donors (Lipinski definition) is 1. The average Bonchev–Trinajstić information content (AvgIpc) is 2.90. The van der Waals surface area contributed by atoms with Gasteiger partial charge in [0.15, 0.2) is 0 Å². The molecule has 1 atom stereocenters. The summed E-state index contributed by atoms with van der Waals surface area (Å²) < 4.78 is 12.8. The molecule has 1 fully saturated rings. The summed E-state index contributed by atoms with van der Waals surface area (Å²) in [5.41, 5.74) is 0.221. The molecule has 0 bridgehead atoms. The van der Waals surface area contributed by atoms with Crippen LogP contribution in [0, 0.1) is 0 Å². The number of rotatable bonds is 5. The van der Waals surface area contributed by atoms with E-state index >= 15 is 0 Å². The van der Waals surface area contributed by atoms with Gasteiger partial charge in [-0.3, -0.25) is 4.79 Å². The van der Waals surface area contributed by atoms with Crippen LogP contribution in [0.3, 0.4) is 0 Å². The first kappa shape index (κ1) is 14.5. The molecule has 1 N–H and O–H groups in total. The van der Waals surface area contributed by atoms with E-state index in [2.05, 4.69) is 26.3 Å². The van der Waals surface area contributed by atoms with Crippen LogP contribution in [-0.4, -0.2) is 42.2 Å². The number of aromatic nitrogens is 2. The lowest BCUT2D eigenvalue weighted by molar-refractivity contribution is -0.00621. The van der Waals surface area contributed by atoms with E-state index in [9.17, 15) is 4.79 Å². The minimum atomic E-state index is -0.320. The van der Waals surface area contributed by atoms with Gasteiger partial charge in [-0.25, -0.2) is 4.68 Å². The predicted molar refractivity (Wildman–Crippen MR) is 75.5 cm³/mol. The maximum Gasteiger partial charge on any atom is 0.283 e. The Kier molecular flexibility index (Phi) is 4.59. The highest BCUT2D eigenvalue weighted by atomic mass is 79.9. The summed E-state index contributed by atoms with van der Waals surface area (Å²) in [7, 11) is 1.68. The number of methoxy groups -OCH3 is 1. The molecule has 106 valence electrons. The zero-order chi connectivity index (χ0) is 13.9. The highest BCUT2D eigenvalue weighted by Gasteiger charge is 2.34. The van der Waals surface area contributed by atoms with E-state index in [4.69, 9.17) is 9.47 Å². The Bertz CT molecular complexity index is 497. The van der Waals surface area contributed by atoms with Crippen molar-refractivity contribution in [3.8, 4) is 0 Å². The molecule has 1 aliphatic heterocycles. The lowest BCUT2D eigenvalue weighted by Gasteiger charge is -2.26. The molecule has 6 nitrogen and oxygen atoms in total. The number of hydrogen-bond acceptors (Lipinski definition) is 5. The smallest absolute Gasteiger partial charge is 0.283 e. The largest absolute Gasteiger partial charge is 0.380 e. The molecule has 0 aromatic carbocycles. The van der Waals surface area contributed by atoms with Crippen molar-refractivity contribution in [2.24, 2.45) is 0 Å². The first-order chi connectivity index (χ1) is 9.12. The Morgan fingerprint density at radius 3 is 3.05 bits per heavy atom. The summed E-state index contributed by atoms with van der Waals surface area (Å²) in [5, 5.41) is 7.30. The van der Waals surface area contributed by atoms with Crippen molar-refractivity contribution in [2.75, 3.05) is 32.2 Å². The summed E-state index contributed by atoms with van der Waals surface area (Å²) >= 11 is 3.31. The third-order valence-electron chi connectivity index (χ3n) is 3.39. The van der Waals surface area contributed by atoms with E-state index in [1.807, 2.05) is 6.92 Å². The minimum absolute atomic E-state index is 0.137. The fraction of sp³-hybridized carbons (Fsp3) is 0.667. The van der Waals surface area contributed by atoms with Crippen molar-refractivity contribution in [1.29, 1.82) is 0 Å². The lowest BCUT2D eigenvalue weighted by Crippen LogP contribution is -2.40. The number of anilines is 1. The Hall–Kier alpha value is -0.920. The molecule has 2 heterocycles. The van der Waals surface area contributed by atoms with E-state index in [0.29, 0.717) is 36.5 Å². The first-order valence-corrected chi connectivity index (χ1v) is 7.03. The van der Waals surface area contributed by atoms with E-state index in [1.165, 1.54) is 4.68 Å². The SMILES string of the molecule is CCn1ncc(NCC2(OC)CCOC2)c(Br)c1=O.